The lowest BCUT2D eigenvalue weighted by Gasteiger charge is -2.09. The smallest absolute Gasteiger partial charge is 0.275 e. The lowest BCUT2D eigenvalue weighted by Crippen LogP contribution is -2.14. The zero-order valence-corrected chi connectivity index (χ0v) is 15.5. The van der Waals surface area contributed by atoms with Crippen molar-refractivity contribution in [1.29, 1.82) is 0 Å². The summed E-state index contributed by atoms with van der Waals surface area (Å²) in [6.07, 6.45) is 3.01. The van der Waals surface area contributed by atoms with Gasteiger partial charge in [0, 0.05) is 15.8 Å². The minimum absolute atomic E-state index is 0.263. The summed E-state index contributed by atoms with van der Waals surface area (Å²) in [6, 6.07) is 13.5. The van der Waals surface area contributed by atoms with Crippen LogP contribution in [-0.2, 0) is 0 Å². The number of nitrogens with one attached hydrogen (secondary N) is 2. The third-order valence-corrected chi connectivity index (χ3v) is 4.14. The number of nitrogens with zero attached hydrogens (tertiary/aromatic N) is 2. The number of hydrogen-bond acceptors (Lipinski definition) is 4. The molecule has 25 heavy (non-hydrogen) atoms. The summed E-state index contributed by atoms with van der Waals surface area (Å²) < 4.78 is 1.02. The van der Waals surface area contributed by atoms with E-state index in [1.165, 1.54) is 6.20 Å². The average molecular weight is 397 g/mol. The molecule has 0 aliphatic rings. The third-order valence-electron chi connectivity index (χ3n) is 3.65. The molecule has 0 unspecified atom stereocenters. The second-order valence-electron chi connectivity index (χ2n) is 5.69. The van der Waals surface area contributed by atoms with E-state index < -0.39 is 0 Å². The SMILES string of the molecule is Cc1ccc(NC(=O)c2cnc(Nc3ccc(Br)cc3C)cn2)cc1. The van der Waals surface area contributed by atoms with E-state index in [2.05, 4.69) is 36.5 Å². The maximum absolute atomic E-state index is 12.2. The maximum atomic E-state index is 12.2. The van der Waals surface area contributed by atoms with Crippen LogP contribution in [0.1, 0.15) is 21.6 Å². The van der Waals surface area contributed by atoms with Gasteiger partial charge in [0.15, 0.2) is 0 Å². The van der Waals surface area contributed by atoms with Gasteiger partial charge >= 0.3 is 0 Å². The van der Waals surface area contributed by atoms with Crippen LogP contribution in [0.15, 0.2) is 59.3 Å². The number of aromatic nitrogens is 2. The van der Waals surface area contributed by atoms with Gasteiger partial charge in [0.2, 0.25) is 0 Å². The molecule has 2 N–H and O–H groups in total. The molecule has 5 nitrogen and oxygen atoms in total. The van der Waals surface area contributed by atoms with Crippen LogP contribution in [0.25, 0.3) is 0 Å². The summed E-state index contributed by atoms with van der Waals surface area (Å²) in [5.41, 5.74) is 4.15. The number of rotatable bonds is 4. The van der Waals surface area contributed by atoms with Crippen LogP contribution >= 0.6 is 15.9 Å². The van der Waals surface area contributed by atoms with Crippen LogP contribution < -0.4 is 10.6 Å². The average Bonchev–Trinajstić information content (AvgIpc) is 2.60. The first-order valence-corrected chi connectivity index (χ1v) is 8.54. The van der Waals surface area contributed by atoms with E-state index in [4.69, 9.17) is 0 Å². The lowest BCUT2D eigenvalue weighted by molar-refractivity contribution is 0.102. The van der Waals surface area contributed by atoms with Crippen LogP contribution in [0.2, 0.25) is 0 Å². The molecule has 0 saturated heterocycles. The van der Waals surface area contributed by atoms with Crippen molar-refractivity contribution in [2.45, 2.75) is 13.8 Å². The Bertz CT molecular complexity index is 892. The minimum Gasteiger partial charge on any atom is -0.339 e. The van der Waals surface area contributed by atoms with E-state index in [9.17, 15) is 4.79 Å². The quantitative estimate of drug-likeness (QED) is 0.661. The zero-order valence-electron chi connectivity index (χ0n) is 13.9. The van der Waals surface area contributed by atoms with Crippen molar-refractivity contribution in [2.75, 3.05) is 10.6 Å². The summed E-state index contributed by atoms with van der Waals surface area (Å²) in [5.74, 6) is 0.292. The molecule has 0 atom stereocenters. The Hall–Kier alpha value is -2.73. The molecule has 0 fully saturated rings. The molecule has 0 radical (unpaired) electrons. The van der Waals surface area contributed by atoms with Gasteiger partial charge in [-0.25, -0.2) is 9.97 Å². The van der Waals surface area contributed by atoms with Crippen LogP contribution in [0.3, 0.4) is 0 Å². The highest BCUT2D eigenvalue weighted by atomic mass is 79.9. The molecule has 0 aliphatic carbocycles. The van der Waals surface area contributed by atoms with Crippen LogP contribution in [0, 0.1) is 13.8 Å². The minimum atomic E-state index is -0.289. The first-order valence-electron chi connectivity index (χ1n) is 7.74. The molecular weight excluding hydrogens is 380 g/mol. The van der Waals surface area contributed by atoms with Crippen LogP contribution in [0.5, 0.6) is 0 Å². The van der Waals surface area contributed by atoms with Crippen molar-refractivity contribution in [3.05, 3.63) is 76.2 Å². The van der Waals surface area contributed by atoms with Gasteiger partial charge in [-0.3, -0.25) is 4.79 Å². The van der Waals surface area contributed by atoms with Crippen molar-refractivity contribution in [1.82, 2.24) is 9.97 Å². The Morgan fingerprint density at radius 3 is 2.40 bits per heavy atom. The van der Waals surface area contributed by atoms with Gasteiger partial charge in [-0.2, -0.15) is 0 Å². The lowest BCUT2D eigenvalue weighted by atomic mass is 10.2. The zero-order chi connectivity index (χ0) is 17.8. The van der Waals surface area contributed by atoms with Gasteiger partial charge in [0.1, 0.15) is 11.5 Å². The summed E-state index contributed by atoms with van der Waals surface area (Å²) in [6.45, 7) is 4.00. The van der Waals surface area contributed by atoms with Crippen molar-refractivity contribution < 1.29 is 4.79 Å². The van der Waals surface area contributed by atoms with Crippen LogP contribution in [0.4, 0.5) is 17.2 Å². The van der Waals surface area contributed by atoms with Gasteiger partial charge in [-0.05, 0) is 49.7 Å². The third kappa shape index (κ3) is 4.42. The molecule has 1 heterocycles. The molecule has 3 aromatic rings. The van der Waals surface area contributed by atoms with E-state index in [-0.39, 0.29) is 11.6 Å². The van der Waals surface area contributed by atoms with E-state index >= 15 is 0 Å². The molecule has 0 saturated carbocycles. The number of anilines is 3. The van der Waals surface area contributed by atoms with E-state index in [1.54, 1.807) is 6.20 Å². The van der Waals surface area contributed by atoms with E-state index in [0.29, 0.717) is 5.82 Å². The largest absolute Gasteiger partial charge is 0.339 e. The van der Waals surface area contributed by atoms with Gasteiger partial charge in [-0.1, -0.05) is 33.6 Å². The first kappa shape index (κ1) is 17.1. The number of halogens is 1. The van der Waals surface area contributed by atoms with Gasteiger partial charge < -0.3 is 10.6 Å². The number of carbonyl (C=O) groups excluding carboxylic acids is 1. The molecule has 0 aliphatic heterocycles. The second-order valence-corrected chi connectivity index (χ2v) is 6.61. The highest BCUT2D eigenvalue weighted by Crippen LogP contribution is 2.22. The van der Waals surface area contributed by atoms with Gasteiger partial charge in [-0.15, -0.1) is 0 Å². The Labute approximate surface area is 154 Å². The summed E-state index contributed by atoms with van der Waals surface area (Å²) >= 11 is 3.44. The molecular formula is C19H17BrN4O. The second kappa shape index (κ2) is 7.44. The molecule has 1 amide bonds. The highest BCUT2D eigenvalue weighted by molar-refractivity contribution is 9.10. The Morgan fingerprint density at radius 2 is 1.76 bits per heavy atom. The fraction of sp³-hybridized carbons (Fsp3) is 0.105. The number of aryl methyl sites for hydroxylation is 2. The first-order chi connectivity index (χ1) is 12.0. The Kier molecular flexibility index (Phi) is 5.09. The molecule has 3 rings (SSSR count). The van der Waals surface area contributed by atoms with Crippen LogP contribution in [-0.4, -0.2) is 15.9 Å². The maximum Gasteiger partial charge on any atom is 0.275 e. The fourth-order valence-corrected chi connectivity index (χ4v) is 2.72. The molecule has 1 aromatic heterocycles. The molecule has 126 valence electrons. The van der Waals surface area contributed by atoms with Gasteiger partial charge in [0.25, 0.3) is 5.91 Å². The normalized spacial score (nSPS) is 10.4. The predicted molar refractivity (Wildman–Crippen MR) is 103 cm³/mol. The van der Waals surface area contributed by atoms with Crippen molar-refractivity contribution >= 4 is 39.0 Å². The molecule has 2 aromatic carbocycles. The highest BCUT2D eigenvalue weighted by Gasteiger charge is 2.09. The monoisotopic (exact) mass is 396 g/mol. The summed E-state index contributed by atoms with van der Waals surface area (Å²) in [5, 5.41) is 6.00. The number of carbonyl (C=O) groups is 1. The number of benzene rings is 2. The standard InChI is InChI=1S/C19H17BrN4O/c1-12-3-6-15(7-4-12)23-19(25)17-10-22-18(11-21-17)24-16-8-5-14(20)9-13(16)2/h3-11H,1-2H3,(H,22,24)(H,23,25). The van der Waals surface area contributed by atoms with Crippen molar-refractivity contribution in [3.8, 4) is 0 Å². The summed E-state index contributed by atoms with van der Waals surface area (Å²) in [7, 11) is 0. The molecule has 0 bridgehead atoms. The number of hydrogen-bond donors (Lipinski definition) is 2. The van der Waals surface area contributed by atoms with E-state index in [0.717, 1.165) is 27.0 Å². The molecule has 6 heteroatoms. The van der Waals surface area contributed by atoms with E-state index in [1.807, 2.05) is 56.3 Å². The predicted octanol–water partition coefficient (Wildman–Crippen LogP) is 4.85. The van der Waals surface area contributed by atoms with Crippen molar-refractivity contribution in [2.24, 2.45) is 0 Å². The van der Waals surface area contributed by atoms with Gasteiger partial charge in [0.05, 0.1) is 12.4 Å². The van der Waals surface area contributed by atoms with Crippen molar-refractivity contribution in [3.63, 3.8) is 0 Å². The Morgan fingerprint density at radius 1 is 1.00 bits per heavy atom. The Balaban J connectivity index is 1.69. The fourth-order valence-electron chi connectivity index (χ4n) is 2.25. The summed E-state index contributed by atoms with van der Waals surface area (Å²) in [4.78, 5) is 20.7. The number of amides is 1. The topological polar surface area (TPSA) is 66.9 Å². The molecule has 0 spiro atoms.